The number of imidazole rings is 1. The number of aromatic nitrogens is 2. The summed E-state index contributed by atoms with van der Waals surface area (Å²) in [4.78, 5) is 15.3. The van der Waals surface area contributed by atoms with Crippen molar-refractivity contribution < 1.29 is 30.8 Å². The summed E-state index contributed by atoms with van der Waals surface area (Å²) in [5, 5.41) is -0.652. The normalized spacial score (nSPS) is 12.1. The topological polar surface area (TPSA) is 81.1 Å². The Bertz CT molecular complexity index is 1270. The van der Waals surface area contributed by atoms with Gasteiger partial charge in [0.05, 0.1) is 10.6 Å². The molecule has 0 spiro atoms. The van der Waals surface area contributed by atoms with Crippen molar-refractivity contribution in [3.63, 3.8) is 0 Å². The molecule has 31 heavy (non-hydrogen) atoms. The lowest BCUT2D eigenvalue weighted by atomic mass is 10.2. The number of halogens is 6. The lowest BCUT2D eigenvalue weighted by molar-refractivity contribution is -0.137. The molecule has 1 heterocycles. The van der Waals surface area contributed by atoms with Crippen molar-refractivity contribution in [3.8, 4) is 5.69 Å². The first-order valence-corrected chi connectivity index (χ1v) is 10.5. The van der Waals surface area contributed by atoms with Gasteiger partial charge in [-0.25, -0.2) is 22.5 Å². The van der Waals surface area contributed by atoms with E-state index in [1.807, 2.05) is 0 Å². The molecule has 3 rings (SSSR count). The van der Waals surface area contributed by atoms with Gasteiger partial charge in [0.25, 0.3) is 15.9 Å². The van der Waals surface area contributed by atoms with Gasteiger partial charge in [0.1, 0.15) is 22.2 Å². The summed E-state index contributed by atoms with van der Waals surface area (Å²) in [5.41, 5.74) is -1.52. The molecule has 0 fully saturated rings. The number of hydrogen-bond donors (Lipinski definition) is 1. The summed E-state index contributed by atoms with van der Waals surface area (Å²) in [6.07, 6.45) is -3.64. The quantitative estimate of drug-likeness (QED) is 0.529. The summed E-state index contributed by atoms with van der Waals surface area (Å²) < 4.78 is 80.6. The second-order valence-corrected chi connectivity index (χ2v) is 8.69. The second-order valence-electron chi connectivity index (χ2n) is 6.22. The summed E-state index contributed by atoms with van der Waals surface area (Å²) in [6, 6.07) is 5.89. The van der Waals surface area contributed by atoms with E-state index in [0.717, 1.165) is 35.0 Å². The molecule has 0 saturated heterocycles. The van der Waals surface area contributed by atoms with Crippen LogP contribution in [0.3, 0.4) is 0 Å². The summed E-state index contributed by atoms with van der Waals surface area (Å²) in [7, 11) is -4.70. The van der Waals surface area contributed by atoms with Gasteiger partial charge in [0, 0.05) is 16.9 Å². The lowest BCUT2D eigenvalue weighted by Gasteiger charge is -2.11. The highest BCUT2D eigenvalue weighted by Gasteiger charge is 2.32. The van der Waals surface area contributed by atoms with Gasteiger partial charge in [-0.2, -0.15) is 13.2 Å². The molecule has 1 aromatic heterocycles. The van der Waals surface area contributed by atoms with Crippen LogP contribution in [-0.4, -0.2) is 23.9 Å². The molecule has 0 aliphatic heterocycles. The fourth-order valence-electron chi connectivity index (χ4n) is 2.69. The molecule has 1 N–H and O–H groups in total. The number of hydrogen-bond acceptors (Lipinski definition) is 4. The van der Waals surface area contributed by atoms with E-state index in [1.165, 1.54) is 19.1 Å². The first-order chi connectivity index (χ1) is 14.3. The van der Waals surface area contributed by atoms with Crippen molar-refractivity contribution in [2.45, 2.75) is 18.0 Å². The van der Waals surface area contributed by atoms with E-state index in [0.29, 0.717) is 0 Å². The molecule has 0 aliphatic carbocycles. The number of amides is 1. The molecule has 6 nitrogen and oxygen atoms in total. The van der Waals surface area contributed by atoms with E-state index < -0.39 is 49.1 Å². The maximum absolute atomic E-state index is 13.9. The highest BCUT2D eigenvalue weighted by atomic mass is 35.5. The van der Waals surface area contributed by atoms with E-state index in [9.17, 15) is 30.8 Å². The van der Waals surface area contributed by atoms with Crippen molar-refractivity contribution >= 4 is 39.1 Å². The molecule has 1 amide bonds. The molecule has 2 aromatic carbocycles. The minimum atomic E-state index is -4.70. The summed E-state index contributed by atoms with van der Waals surface area (Å²) in [5.74, 6) is -2.34. The Hall–Kier alpha value is -2.63. The predicted octanol–water partition coefficient (Wildman–Crippen LogP) is 4.76. The van der Waals surface area contributed by atoms with Crippen LogP contribution in [0.15, 0.2) is 47.5 Å². The van der Waals surface area contributed by atoms with Gasteiger partial charge in [-0.3, -0.25) is 4.79 Å². The molecule has 0 bridgehead atoms. The van der Waals surface area contributed by atoms with Crippen LogP contribution in [0, 0.1) is 12.7 Å². The van der Waals surface area contributed by atoms with Crippen LogP contribution in [0.1, 0.15) is 21.9 Å². The van der Waals surface area contributed by atoms with Crippen molar-refractivity contribution in [1.29, 1.82) is 0 Å². The first-order valence-electron chi connectivity index (χ1n) is 8.25. The van der Waals surface area contributed by atoms with Crippen LogP contribution in [-0.2, 0) is 16.2 Å². The highest BCUT2D eigenvalue weighted by molar-refractivity contribution is 7.90. The van der Waals surface area contributed by atoms with Crippen molar-refractivity contribution in [1.82, 2.24) is 14.3 Å². The molecule has 3 aromatic rings. The molecule has 0 atom stereocenters. The number of sulfonamides is 1. The minimum Gasteiger partial charge on any atom is -0.303 e. The lowest BCUT2D eigenvalue weighted by Crippen LogP contribution is -2.31. The van der Waals surface area contributed by atoms with Gasteiger partial charge in [-0.15, -0.1) is 0 Å². The Morgan fingerprint density at radius 3 is 2.45 bits per heavy atom. The number of aryl methyl sites for hydroxylation is 1. The third-order valence-electron chi connectivity index (χ3n) is 4.02. The van der Waals surface area contributed by atoms with Crippen molar-refractivity contribution in [2.24, 2.45) is 0 Å². The Morgan fingerprint density at radius 1 is 1.16 bits per heavy atom. The van der Waals surface area contributed by atoms with Gasteiger partial charge < -0.3 is 4.57 Å². The Balaban J connectivity index is 1.96. The van der Waals surface area contributed by atoms with Crippen LogP contribution in [0.5, 0.6) is 0 Å². The minimum absolute atomic E-state index is 0.0520. The number of rotatable bonds is 4. The van der Waals surface area contributed by atoms with E-state index >= 15 is 0 Å². The van der Waals surface area contributed by atoms with Crippen molar-refractivity contribution in [3.05, 3.63) is 75.5 Å². The monoisotopic (exact) mass is 495 g/mol. The van der Waals surface area contributed by atoms with Crippen LogP contribution in [0.4, 0.5) is 17.6 Å². The van der Waals surface area contributed by atoms with E-state index in [-0.39, 0.29) is 16.5 Å². The van der Waals surface area contributed by atoms with Crippen LogP contribution < -0.4 is 4.72 Å². The van der Waals surface area contributed by atoms with Gasteiger partial charge in [0.2, 0.25) is 0 Å². The summed E-state index contributed by atoms with van der Waals surface area (Å²) >= 11 is 11.5. The molecular formula is C18H11Cl2F4N3O3S. The van der Waals surface area contributed by atoms with Crippen LogP contribution in [0.2, 0.25) is 10.0 Å². The first kappa shape index (κ1) is 23.0. The van der Waals surface area contributed by atoms with E-state index in [2.05, 4.69) is 4.98 Å². The van der Waals surface area contributed by atoms with E-state index in [4.69, 9.17) is 23.2 Å². The fourth-order valence-corrected chi connectivity index (χ4v) is 4.48. The standard InChI is InChI=1S/C18H11Cl2F4N3O3S/c1-9-25-15(8-27(9)12-6-10(18(22,23)24)5-11(19)7-12)17(28)26-31(29,30)16-13(20)3-2-4-14(16)21/h2-8H,1H3,(H,26,28). The molecule has 13 heteroatoms. The van der Waals surface area contributed by atoms with E-state index in [1.54, 1.807) is 4.72 Å². The Morgan fingerprint density at radius 2 is 1.84 bits per heavy atom. The fraction of sp³-hybridized carbons (Fsp3) is 0.111. The SMILES string of the molecule is Cc1nc(C(=O)NS(=O)(=O)c2c(F)cccc2Cl)cn1-c1cc(Cl)cc(C(F)(F)F)c1. The number of nitrogens with one attached hydrogen (secondary N) is 1. The van der Waals surface area contributed by atoms with Gasteiger partial charge >= 0.3 is 6.18 Å². The largest absolute Gasteiger partial charge is 0.416 e. The Labute approximate surface area is 183 Å². The Kier molecular flexibility index (Phi) is 6.05. The predicted molar refractivity (Wildman–Crippen MR) is 104 cm³/mol. The average molecular weight is 496 g/mol. The second kappa shape index (κ2) is 8.13. The third-order valence-corrected chi connectivity index (χ3v) is 6.07. The zero-order valence-electron chi connectivity index (χ0n) is 15.3. The molecule has 164 valence electrons. The molecule has 0 unspecified atom stereocenters. The number of nitrogens with zero attached hydrogens (tertiary/aromatic N) is 2. The maximum atomic E-state index is 13.9. The number of carbonyl (C=O) groups is 1. The highest BCUT2D eigenvalue weighted by Crippen LogP contribution is 2.33. The smallest absolute Gasteiger partial charge is 0.303 e. The van der Waals surface area contributed by atoms with Gasteiger partial charge in [-0.1, -0.05) is 29.3 Å². The van der Waals surface area contributed by atoms with Gasteiger partial charge in [0.15, 0.2) is 0 Å². The zero-order chi connectivity index (χ0) is 23.1. The van der Waals surface area contributed by atoms with Crippen molar-refractivity contribution in [2.75, 3.05) is 0 Å². The van der Waals surface area contributed by atoms with Gasteiger partial charge in [-0.05, 0) is 37.3 Å². The molecule has 0 saturated carbocycles. The van der Waals surface area contributed by atoms with Crippen LogP contribution in [0.25, 0.3) is 5.69 Å². The third kappa shape index (κ3) is 4.83. The molecule has 0 radical (unpaired) electrons. The number of carbonyl (C=O) groups excluding carboxylic acids is 1. The average Bonchev–Trinajstić information content (AvgIpc) is 3.01. The number of benzene rings is 2. The number of alkyl halides is 3. The van der Waals surface area contributed by atoms with Crippen LogP contribution >= 0.6 is 23.2 Å². The zero-order valence-corrected chi connectivity index (χ0v) is 17.7. The maximum Gasteiger partial charge on any atom is 0.416 e. The molecular weight excluding hydrogens is 485 g/mol. The molecule has 0 aliphatic rings. The summed E-state index contributed by atoms with van der Waals surface area (Å²) in [6.45, 7) is 1.38.